The normalized spacial score (nSPS) is 12.4. The van der Waals surface area contributed by atoms with Crippen molar-refractivity contribution in [2.75, 3.05) is 26.7 Å². The van der Waals surface area contributed by atoms with Crippen LogP contribution in [0.15, 0.2) is 70.1 Å². The Morgan fingerprint density at radius 3 is 2.63 bits per heavy atom. The van der Waals surface area contributed by atoms with Gasteiger partial charge in [0.2, 0.25) is 0 Å². The number of para-hydroxylation sites is 1. The molecule has 0 spiro atoms. The summed E-state index contributed by atoms with van der Waals surface area (Å²) in [5, 5.41) is 14.6. The van der Waals surface area contributed by atoms with E-state index in [2.05, 4.69) is 10.3 Å². The van der Waals surface area contributed by atoms with Gasteiger partial charge in [-0.25, -0.2) is 0 Å². The highest BCUT2D eigenvalue weighted by Gasteiger charge is 2.11. The highest BCUT2D eigenvalue weighted by Crippen LogP contribution is 2.19. The maximum atomic E-state index is 10.2. The molecule has 6 nitrogen and oxygen atoms in total. The van der Waals surface area contributed by atoms with Crippen molar-refractivity contribution in [2.45, 2.75) is 26.2 Å². The van der Waals surface area contributed by atoms with Crippen LogP contribution in [-0.4, -0.2) is 48.8 Å². The molecule has 0 aliphatic heterocycles. The summed E-state index contributed by atoms with van der Waals surface area (Å²) in [6, 6.07) is 19.9. The van der Waals surface area contributed by atoms with Crippen molar-refractivity contribution in [3.05, 3.63) is 72.0 Å². The summed E-state index contributed by atoms with van der Waals surface area (Å²) in [5.74, 6) is 1.58. The fourth-order valence-electron chi connectivity index (χ4n) is 3.02. The summed E-state index contributed by atoms with van der Waals surface area (Å²) < 4.78 is 11.5. The smallest absolute Gasteiger partial charge is 0.194 e. The van der Waals surface area contributed by atoms with E-state index in [1.54, 1.807) is 0 Å². The molecule has 1 unspecified atom stereocenters. The van der Waals surface area contributed by atoms with Crippen LogP contribution < -0.4 is 5.32 Å². The molecule has 3 aromatic rings. The fraction of sp³-hybridized carbons (Fsp3) is 0.348. The molecule has 162 valence electrons. The molecule has 0 radical (unpaired) electrons. The third-order valence-electron chi connectivity index (χ3n) is 4.44. The van der Waals surface area contributed by atoms with Gasteiger partial charge in [0.15, 0.2) is 5.96 Å². The van der Waals surface area contributed by atoms with E-state index in [-0.39, 0.29) is 37.1 Å². The predicted molar refractivity (Wildman–Crippen MR) is 131 cm³/mol. The summed E-state index contributed by atoms with van der Waals surface area (Å²) in [4.78, 5) is 6.53. The standard InChI is InChI=1S/C23H29N3O3.HI/c1-3-24-23(25-14-20(27)17-28-16-18-9-5-4-6-10-18)26(2)15-21-13-19-11-7-8-12-22(19)29-21;/h4-13,20,27H,3,14-17H2,1-2H3,(H,24,25);1H. The van der Waals surface area contributed by atoms with Gasteiger partial charge >= 0.3 is 0 Å². The number of guanidine groups is 1. The lowest BCUT2D eigenvalue weighted by Crippen LogP contribution is -2.39. The van der Waals surface area contributed by atoms with Crippen molar-refractivity contribution in [3.8, 4) is 0 Å². The lowest BCUT2D eigenvalue weighted by Gasteiger charge is -2.21. The molecule has 0 saturated heterocycles. The van der Waals surface area contributed by atoms with E-state index in [4.69, 9.17) is 9.15 Å². The minimum absolute atomic E-state index is 0. The van der Waals surface area contributed by atoms with Crippen molar-refractivity contribution in [3.63, 3.8) is 0 Å². The zero-order chi connectivity index (χ0) is 20.5. The Morgan fingerprint density at radius 1 is 1.17 bits per heavy atom. The first-order valence-corrected chi connectivity index (χ1v) is 9.92. The van der Waals surface area contributed by atoms with E-state index >= 15 is 0 Å². The third kappa shape index (κ3) is 7.30. The van der Waals surface area contributed by atoms with Gasteiger partial charge in [-0.1, -0.05) is 48.5 Å². The molecule has 0 amide bonds. The predicted octanol–water partition coefficient (Wildman–Crippen LogP) is 4.03. The second-order valence-electron chi connectivity index (χ2n) is 6.96. The van der Waals surface area contributed by atoms with Gasteiger partial charge in [-0.3, -0.25) is 4.99 Å². The van der Waals surface area contributed by atoms with Crippen molar-refractivity contribution < 1.29 is 14.3 Å². The van der Waals surface area contributed by atoms with Gasteiger partial charge in [0.05, 0.1) is 32.4 Å². The Hall–Kier alpha value is -2.10. The highest BCUT2D eigenvalue weighted by atomic mass is 127. The number of aliphatic imine (C=N–C) groups is 1. The van der Waals surface area contributed by atoms with E-state index < -0.39 is 6.10 Å². The average molecular weight is 523 g/mol. The van der Waals surface area contributed by atoms with Crippen molar-refractivity contribution in [2.24, 2.45) is 4.99 Å². The van der Waals surface area contributed by atoms with Crippen LogP contribution >= 0.6 is 24.0 Å². The van der Waals surface area contributed by atoms with Gasteiger partial charge in [-0.05, 0) is 24.6 Å². The number of furan rings is 1. The fourth-order valence-corrected chi connectivity index (χ4v) is 3.02. The molecule has 3 rings (SSSR count). The first kappa shape index (κ1) is 24.2. The number of hydrogen-bond donors (Lipinski definition) is 2. The molecule has 1 heterocycles. The monoisotopic (exact) mass is 523 g/mol. The van der Waals surface area contributed by atoms with Gasteiger partial charge in [0, 0.05) is 19.0 Å². The number of hydrogen-bond acceptors (Lipinski definition) is 4. The number of benzene rings is 2. The molecule has 0 fully saturated rings. The summed E-state index contributed by atoms with van der Waals surface area (Å²) in [6.45, 7) is 4.33. The van der Waals surface area contributed by atoms with Gasteiger partial charge in [0.25, 0.3) is 0 Å². The Labute approximate surface area is 195 Å². The van der Waals surface area contributed by atoms with E-state index in [9.17, 15) is 5.11 Å². The van der Waals surface area contributed by atoms with Crippen molar-refractivity contribution >= 4 is 40.9 Å². The molecular formula is C23H30IN3O3. The number of halogens is 1. The van der Waals surface area contributed by atoms with Crippen LogP contribution in [0.1, 0.15) is 18.2 Å². The zero-order valence-electron chi connectivity index (χ0n) is 17.5. The SMILES string of the molecule is CCNC(=NCC(O)COCc1ccccc1)N(C)Cc1cc2ccccc2o1.I. The molecule has 0 saturated carbocycles. The van der Waals surface area contributed by atoms with Crippen LogP contribution in [0.2, 0.25) is 0 Å². The molecule has 7 heteroatoms. The van der Waals surface area contributed by atoms with Crippen molar-refractivity contribution in [1.82, 2.24) is 10.2 Å². The first-order valence-electron chi connectivity index (χ1n) is 9.92. The molecular weight excluding hydrogens is 493 g/mol. The second kappa shape index (κ2) is 12.6. The second-order valence-corrected chi connectivity index (χ2v) is 6.96. The number of nitrogens with zero attached hydrogens (tertiary/aromatic N) is 2. The number of ether oxygens (including phenoxy) is 1. The van der Waals surface area contributed by atoms with Gasteiger partial charge in [-0.15, -0.1) is 24.0 Å². The molecule has 2 aromatic carbocycles. The van der Waals surface area contributed by atoms with Crippen LogP contribution in [-0.2, 0) is 17.9 Å². The maximum Gasteiger partial charge on any atom is 0.194 e. The third-order valence-corrected chi connectivity index (χ3v) is 4.44. The Morgan fingerprint density at radius 2 is 1.90 bits per heavy atom. The topological polar surface area (TPSA) is 70.2 Å². The lowest BCUT2D eigenvalue weighted by molar-refractivity contribution is 0.0330. The average Bonchev–Trinajstić information content (AvgIpc) is 3.14. The largest absolute Gasteiger partial charge is 0.459 e. The Bertz CT molecular complexity index is 881. The van der Waals surface area contributed by atoms with E-state index in [0.29, 0.717) is 13.2 Å². The van der Waals surface area contributed by atoms with Gasteiger partial charge in [-0.2, -0.15) is 0 Å². The lowest BCUT2D eigenvalue weighted by atomic mass is 10.2. The molecule has 0 aliphatic carbocycles. The minimum Gasteiger partial charge on any atom is -0.459 e. The highest BCUT2D eigenvalue weighted by molar-refractivity contribution is 14.0. The summed E-state index contributed by atoms with van der Waals surface area (Å²) in [7, 11) is 1.95. The van der Waals surface area contributed by atoms with Crippen LogP contribution in [0, 0.1) is 0 Å². The van der Waals surface area contributed by atoms with Crippen LogP contribution in [0.3, 0.4) is 0 Å². The Kier molecular flexibility index (Phi) is 10.1. The quantitative estimate of drug-likeness (QED) is 0.252. The number of aliphatic hydroxyl groups is 1. The molecule has 30 heavy (non-hydrogen) atoms. The summed E-state index contributed by atoms with van der Waals surface area (Å²) in [5.41, 5.74) is 1.96. The Balaban J connectivity index is 0.00000320. The van der Waals surface area contributed by atoms with Gasteiger partial charge < -0.3 is 24.5 Å². The zero-order valence-corrected chi connectivity index (χ0v) is 19.8. The van der Waals surface area contributed by atoms with Crippen LogP contribution in [0.25, 0.3) is 11.0 Å². The molecule has 1 aromatic heterocycles. The summed E-state index contributed by atoms with van der Waals surface area (Å²) >= 11 is 0. The molecule has 0 bridgehead atoms. The van der Waals surface area contributed by atoms with Crippen LogP contribution in [0.5, 0.6) is 0 Å². The number of fused-ring (bicyclic) bond motifs is 1. The number of aliphatic hydroxyl groups excluding tert-OH is 1. The number of nitrogens with one attached hydrogen (secondary N) is 1. The minimum atomic E-state index is -0.660. The summed E-state index contributed by atoms with van der Waals surface area (Å²) in [6.07, 6.45) is -0.660. The van der Waals surface area contributed by atoms with Crippen LogP contribution in [0.4, 0.5) is 0 Å². The molecule has 0 aliphatic rings. The van der Waals surface area contributed by atoms with E-state index in [1.165, 1.54) is 0 Å². The molecule has 1 atom stereocenters. The van der Waals surface area contributed by atoms with E-state index in [0.717, 1.165) is 34.8 Å². The van der Waals surface area contributed by atoms with E-state index in [1.807, 2.05) is 79.5 Å². The first-order chi connectivity index (χ1) is 14.2. The number of rotatable bonds is 9. The van der Waals surface area contributed by atoms with Crippen molar-refractivity contribution in [1.29, 1.82) is 0 Å². The maximum absolute atomic E-state index is 10.2. The van der Waals surface area contributed by atoms with Gasteiger partial charge in [0.1, 0.15) is 11.3 Å². The molecule has 2 N–H and O–H groups in total.